The zero-order chi connectivity index (χ0) is 13.0. The quantitative estimate of drug-likeness (QED) is 0.676. The lowest BCUT2D eigenvalue weighted by Gasteiger charge is -2.17. The van der Waals surface area contributed by atoms with Crippen LogP contribution in [0.5, 0.6) is 0 Å². The zero-order valence-corrected chi connectivity index (χ0v) is 12.1. The fraction of sp³-hybridized carbons (Fsp3) is 0.562. The highest BCUT2D eigenvalue weighted by molar-refractivity contribution is 6.00. The Bertz CT molecular complexity index is 414. The van der Waals surface area contributed by atoms with Crippen molar-refractivity contribution in [1.29, 1.82) is 0 Å². The SMILES string of the molecule is CCCc1cc(C)c(C(C)=NC)cc1C(C)C. The van der Waals surface area contributed by atoms with Gasteiger partial charge in [-0.15, -0.1) is 0 Å². The van der Waals surface area contributed by atoms with Gasteiger partial charge < -0.3 is 0 Å². The van der Waals surface area contributed by atoms with Gasteiger partial charge in [0.2, 0.25) is 0 Å². The first-order valence-corrected chi connectivity index (χ1v) is 6.58. The molecule has 0 saturated carbocycles. The van der Waals surface area contributed by atoms with Crippen LogP contribution in [0.15, 0.2) is 17.1 Å². The van der Waals surface area contributed by atoms with Crippen LogP contribution in [0.4, 0.5) is 0 Å². The van der Waals surface area contributed by atoms with Crippen LogP contribution in [-0.2, 0) is 6.42 Å². The molecule has 1 heteroatoms. The van der Waals surface area contributed by atoms with Crippen LogP contribution in [0, 0.1) is 6.92 Å². The van der Waals surface area contributed by atoms with Gasteiger partial charge in [0, 0.05) is 12.8 Å². The van der Waals surface area contributed by atoms with Gasteiger partial charge in [0.1, 0.15) is 0 Å². The molecule has 0 heterocycles. The van der Waals surface area contributed by atoms with Gasteiger partial charge in [-0.05, 0) is 54.5 Å². The molecular formula is C16H25N. The molecule has 94 valence electrons. The molecule has 1 aromatic rings. The highest BCUT2D eigenvalue weighted by atomic mass is 14.7. The summed E-state index contributed by atoms with van der Waals surface area (Å²) in [6, 6.07) is 4.69. The van der Waals surface area contributed by atoms with E-state index in [2.05, 4.69) is 51.7 Å². The molecule has 0 saturated heterocycles. The molecular weight excluding hydrogens is 206 g/mol. The smallest absolute Gasteiger partial charge is 0.0388 e. The third-order valence-corrected chi connectivity index (χ3v) is 3.35. The summed E-state index contributed by atoms with van der Waals surface area (Å²) in [6.07, 6.45) is 2.39. The molecule has 0 atom stereocenters. The lowest BCUT2D eigenvalue weighted by molar-refractivity contribution is 0.819. The van der Waals surface area contributed by atoms with Crippen LogP contribution in [0.3, 0.4) is 0 Å². The van der Waals surface area contributed by atoms with Crippen molar-refractivity contribution in [3.8, 4) is 0 Å². The molecule has 0 aliphatic carbocycles. The van der Waals surface area contributed by atoms with Crippen molar-refractivity contribution in [1.82, 2.24) is 0 Å². The lowest BCUT2D eigenvalue weighted by Crippen LogP contribution is -2.04. The van der Waals surface area contributed by atoms with Crippen LogP contribution >= 0.6 is 0 Å². The molecule has 0 fully saturated rings. The number of hydrogen-bond acceptors (Lipinski definition) is 1. The van der Waals surface area contributed by atoms with Crippen molar-refractivity contribution < 1.29 is 0 Å². The van der Waals surface area contributed by atoms with Crippen molar-refractivity contribution in [2.45, 2.75) is 53.4 Å². The van der Waals surface area contributed by atoms with E-state index >= 15 is 0 Å². The van der Waals surface area contributed by atoms with E-state index in [9.17, 15) is 0 Å². The summed E-state index contributed by atoms with van der Waals surface area (Å²) < 4.78 is 0. The van der Waals surface area contributed by atoms with E-state index in [-0.39, 0.29) is 0 Å². The van der Waals surface area contributed by atoms with Crippen molar-refractivity contribution in [3.05, 3.63) is 34.4 Å². The predicted octanol–water partition coefficient (Wildman–Crippen LogP) is 4.51. The van der Waals surface area contributed by atoms with Gasteiger partial charge in [-0.3, -0.25) is 4.99 Å². The molecule has 0 aromatic heterocycles. The average molecular weight is 231 g/mol. The molecule has 0 aliphatic heterocycles. The number of hydrogen-bond donors (Lipinski definition) is 0. The summed E-state index contributed by atoms with van der Waals surface area (Å²) in [4.78, 5) is 4.31. The van der Waals surface area contributed by atoms with Crippen molar-refractivity contribution in [2.24, 2.45) is 4.99 Å². The molecule has 1 rings (SSSR count). The number of aliphatic imine (C=N–C) groups is 1. The van der Waals surface area contributed by atoms with E-state index < -0.39 is 0 Å². The Labute approximate surface area is 106 Å². The molecule has 1 aromatic carbocycles. The molecule has 0 N–H and O–H groups in total. The minimum atomic E-state index is 0.584. The van der Waals surface area contributed by atoms with E-state index in [1.807, 2.05) is 7.05 Å². The molecule has 0 bridgehead atoms. The van der Waals surface area contributed by atoms with Crippen molar-refractivity contribution in [3.63, 3.8) is 0 Å². The standard InChI is InChI=1S/C16H25N/c1-7-8-14-9-12(4)16(13(5)17-6)10-15(14)11(2)3/h9-11H,7-8H2,1-6H3. The van der Waals surface area contributed by atoms with Gasteiger partial charge in [-0.25, -0.2) is 0 Å². The van der Waals surface area contributed by atoms with Crippen LogP contribution < -0.4 is 0 Å². The Morgan fingerprint density at radius 1 is 1.29 bits per heavy atom. The fourth-order valence-electron chi connectivity index (χ4n) is 2.32. The largest absolute Gasteiger partial charge is 0.293 e. The first-order valence-electron chi connectivity index (χ1n) is 6.58. The minimum absolute atomic E-state index is 0.584. The van der Waals surface area contributed by atoms with Gasteiger partial charge in [0.05, 0.1) is 0 Å². The number of rotatable bonds is 4. The van der Waals surface area contributed by atoms with E-state index in [1.165, 1.54) is 35.1 Å². The number of benzene rings is 1. The summed E-state index contributed by atoms with van der Waals surface area (Å²) in [5.41, 5.74) is 6.77. The summed E-state index contributed by atoms with van der Waals surface area (Å²) in [6.45, 7) is 11.1. The molecule has 0 unspecified atom stereocenters. The maximum atomic E-state index is 4.31. The first-order chi connectivity index (χ1) is 8.01. The van der Waals surface area contributed by atoms with E-state index in [4.69, 9.17) is 0 Å². The van der Waals surface area contributed by atoms with Gasteiger partial charge in [-0.1, -0.05) is 33.3 Å². The monoisotopic (exact) mass is 231 g/mol. The topological polar surface area (TPSA) is 12.4 Å². The van der Waals surface area contributed by atoms with Crippen molar-refractivity contribution >= 4 is 5.71 Å². The molecule has 17 heavy (non-hydrogen) atoms. The summed E-state index contributed by atoms with van der Waals surface area (Å²) in [5.74, 6) is 0.584. The Kier molecular flexibility index (Phi) is 4.92. The van der Waals surface area contributed by atoms with Crippen LogP contribution in [-0.4, -0.2) is 12.8 Å². The van der Waals surface area contributed by atoms with Gasteiger partial charge >= 0.3 is 0 Å². The molecule has 1 nitrogen and oxygen atoms in total. The van der Waals surface area contributed by atoms with Gasteiger partial charge in [0.15, 0.2) is 0 Å². The second-order valence-corrected chi connectivity index (χ2v) is 5.08. The highest BCUT2D eigenvalue weighted by Crippen LogP contribution is 2.25. The maximum Gasteiger partial charge on any atom is 0.0388 e. The Hall–Kier alpha value is -1.11. The van der Waals surface area contributed by atoms with Crippen LogP contribution in [0.1, 0.15) is 62.3 Å². The second kappa shape index (κ2) is 6.00. The average Bonchev–Trinajstić information content (AvgIpc) is 2.28. The summed E-state index contributed by atoms with van der Waals surface area (Å²) >= 11 is 0. The van der Waals surface area contributed by atoms with Gasteiger partial charge in [0.25, 0.3) is 0 Å². The van der Waals surface area contributed by atoms with E-state index in [1.54, 1.807) is 0 Å². The Morgan fingerprint density at radius 2 is 1.94 bits per heavy atom. The van der Waals surface area contributed by atoms with Crippen molar-refractivity contribution in [2.75, 3.05) is 7.05 Å². The third-order valence-electron chi connectivity index (χ3n) is 3.35. The molecule has 0 aliphatic rings. The minimum Gasteiger partial charge on any atom is -0.293 e. The van der Waals surface area contributed by atoms with Crippen LogP contribution in [0.25, 0.3) is 0 Å². The maximum absolute atomic E-state index is 4.31. The highest BCUT2D eigenvalue weighted by Gasteiger charge is 2.11. The van der Waals surface area contributed by atoms with E-state index in [0.29, 0.717) is 5.92 Å². The predicted molar refractivity (Wildman–Crippen MR) is 77.4 cm³/mol. The van der Waals surface area contributed by atoms with Crippen LogP contribution in [0.2, 0.25) is 0 Å². The van der Waals surface area contributed by atoms with E-state index in [0.717, 1.165) is 5.71 Å². The fourth-order valence-corrected chi connectivity index (χ4v) is 2.32. The number of nitrogens with zero attached hydrogens (tertiary/aromatic N) is 1. The summed E-state index contributed by atoms with van der Waals surface area (Å²) in [7, 11) is 1.86. The zero-order valence-electron chi connectivity index (χ0n) is 12.1. The first kappa shape index (κ1) is 14.0. The molecule has 0 amide bonds. The Balaban J connectivity index is 3.34. The van der Waals surface area contributed by atoms with Gasteiger partial charge in [-0.2, -0.15) is 0 Å². The third kappa shape index (κ3) is 3.18. The summed E-state index contributed by atoms with van der Waals surface area (Å²) in [5, 5.41) is 0. The normalized spacial score (nSPS) is 12.3. The Morgan fingerprint density at radius 3 is 2.41 bits per heavy atom. The second-order valence-electron chi connectivity index (χ2n) is 5.08. The number of aryl methyl sites for hydroxylation is 2. The molecule has 0 radical (unpaired) electrons. The molecule has 0 spiro atoms. The lowest BCUT2D eigenvalue weighted by atomic mass is 9.89.